The van der Waals surface area contributed by atoms with Gasteiger partial charge < -0.3 is 5.32 Å². The molecule has 2 bridgehead atoms. The molecule has 9 heavy (non-hydrogen) atoms. The van der Waals surface area contributed by atoms with Crippen molar-refractivity contribution < 1.29 is 0 Å². The minimum Gasteiger partial charge on any atom is -0.310 e. The van der Waals surface area contributed by atoms with Crippen LogP contribution in [0.4, 0.5) is 0 Å². The predicted molar refractivity (Wildman–Crippen MR) is 36.1 cm³/mol. The fourth-order valence-electron chi connectivity index (χ4n) is 2.34. The molecule has 3 atom stereocenters. The topological polar surface area (TPSA) is 12.0 Å². The van der Waals surface area contributed by atoms with Crippen molar-refractivity contribution in [3.63, 3.8) is 0 Å². The Bertz CT molecular complexity index is 183. The normalized spacial score (nSPS) is 52.4. The molecule has 0 spiro atoms. The summed E-state index contributed by atoms with van der Waals surface area (Å²) in [7, 11) is 0. The molecule has 2 saturated heterocycles. The summed E-state index contributed by atoms with van der Waals surface area (Å²) in [6, 6.07) is 1.72. The highest BCUT2D eigenvalue weighted by molar-refractivity contribution is 5.36. The number of fused-ring (bicyclic) bond motifs is 4. The van der Waals surface area contributed by atoms with E-state index in [4.69, 9.17) is 0 Å². The van der Waals surface area contributed by atoms with E-state index in [1.165, 1.54) is 19.3 Å². The van der Waals surface area contributed by atoms with Gasteiger partial charge in [0, 0.05) is 18.0 Å². The van der Waals surface area contributed by atoms with Crippen LogP contribution in [0.2, 0.25) is 0 Å². The first-order valence-corrected chi connectivity index (χ1v) is 3.90. The lowest BCUT2D eigenvalue weighted by Gasteiger charge is -2.19. The van der Waals surface area contributed by atoms with Gasteiger partial charge in [0.05, 0.1) is 0 Å². The summed E-state index contributed by atoms with van der Waals surface area (Å²) in [6.45, 7) is 0. The van der Waals surface area contributed by atoms with Gasteiger partial charge in [-0.1, -0.05) is 11.6 Å². The van der Waals surface area contributed by atoms with E-state index in [9.17, 15) is 0 Å². The van der Waals surface area contributed by atoms with Crippen LogP contribution in [-0.4, -0.2) is 12.1 Å². The Hall–Kier alpha value is -0.300. The monoisotopic (exact) mass is 121 g/mol. The van der Waals surface area contributed by atoms with Gasteiger partial charge in [0.25, 0.3) is 0 Å². The van der Waals surface area contributed by atoms with Crippen molar-refractivity contribution >= 4 is 0 Å². The van der Waals surface area contributed by atoms with E-state index in [2.05, 4.69) is 11.4 Å². The Labute approximate surface area is 55.1 Å². The van der Waals surface area contributed by atoms with Gasteiger partial charge >= 0.3 is 0 Å². The minimum atomic E-state index is 0.860. The summed E-state index contributed by atoms with van der Waals surface area (Å²) in [5.74, 6) is 0.906. The molecule has 2 aliphatic heterocycles. The first-order valence-electron chi connectivity index (χ1n) is 3.90. The summed E-state index contributed by atoms with van der Waals surface area (Å²) in [5, 5.41) is 3.63. The summed E-state index contributed by atoms with van der Waals surface area (Å²) < 4.78 is 0. The fourth-order valence-corrected chi connectivity index (χ4v) is 2.34. The van der Waals surface area contributed by atoms with Crippen LogP contribution in [0.1, 0.15) is 19.3 Å². The van der Waals surface area contributed by atoms with Gasteiger partial charge in [-0.2, -0.15) is 0 Å². The molecule has 2 fully saturated rings. The number of hydrogen-bond donors (Lipinski definition) is 1. The highest BCUT2D eigenvalue weighted by Gasteiger charge is 2.43. The summed E-state index contributed by atoms with van der Waals surface area (Å²) in [6.07, 6.45) is 6.66. The third kappa shape index (κ3) is 0.485. The Kier molecular flexibility index (Phi) is 0.620. The van der Waals surface area contributed by atoms with Crippen LogP contribution in [0.25, 0.3) is 0 Å². The average Bonchev–Trinajstić information content (AvgIpc) is 2.50. The average molecular weight is 121 g/mol. The highest BCUT2D eigenvalue weighted by atomic mass is 15.0. The van der Waals surface area contributed by atoms with Crippen molar-refractivity contribution in [3.8, 4) is 0 Å². The molecule has 2 heterocycles. The van der Waals surface area contributed by atoms with Gasteiger partial charge in [0.15, 0.2) is 0 Å². The maximum atomic E-state index is 3.63. The second-order valence-corrected chi connectivity index (χ2v) is 3.52. The van der Waals surface area contributed by atoms with Gasteiger partial charge in [-0.05, 0) is 19.3 Å². The first kappa shape index (κ1) is 4.51. The molecule has 0 aromatic rings. The lowest BCUT2D eigenvalue weighted by molar-refractivity contribution is 0.461. The largest absolute Gasteiger partial charge is 0.310 e. The molecule has 1 aliphatic carbocycles. The van der Waals surface area contributed by atoms with Crippen LogP contribution in [0.3, 0.4) is 0 Å². The number of nitrogens with one attached hydrogen (secondary N) is 1. The minimum absolute atomic E-state index is 0.860. The van der Waals surface area contributed by atoms with Crippen LogP contribution >= 0.6 is 0 Å². The van der Waals surface area contributed by atoms with Gasteiger partial charge in [-0.25, -0.2) is 0 Å². The molecule has 0 radical (unpaired) electrons. The maximum Gasteiger partial charge on any atom is 0.0171 e. The molecule has 1 nitrogen and oxygen atoms in total. The van der Waals surface area contributed by atoms with Gasteiger partial charge in [-0.3, -0.25) is 0 Å². The molecule has 0 aromatic carbocycles. The molecular weight excluding hydrogens is 110 g/mol. The van der Waals surface area contributed by atoms with E-state index in [0.717, 1.165) is 18.0 Å². The SMILES string of the molecule is C1=C2CC3CCC(N3)C12. The van der Waals surface area contributed by atoms with Crippen molar-refractivity contribution in [3.05, 3.63) is 11.6 Å². The third-order valence-electron chi connectivity index (χ3n) is 2.90. The Morgan fingerprint density at radius 2 is 2.44 bits per heavy atom. The summed E-state index contributed by atoms with van der Waals surface area (Å²) >= 11 is 0. The van der Waals surface area contributed by atoms with E-state index in [0.29, 0.717) is 0 Å². The van der Waals surface area contributed by atoms with E-state index in [1.807, 2.05) is 0 Å². The van der Waals surface area contributed by atoms with E-state index < -0.39 is 0 Å². The molecule has 1 N–H and O–H groups in total. The van der Waals surface area contributed by atoms with Gasteiger partial charge in [0.2, 0.25) is 0 Å². The van der Waals surface area contributed by atoms with Gasteiger partial charge in [0.1, 0.15) is 0 Å². The van der Waals surface area contributed by atoms with Gasteiger partial charge in [-0.15, -0.1) is 0 Å². The zero-order valence-electron chi connectivity index (χ0n) is 5.43. The summed E-state index contributed by atoms with van der Waals surface area (Å²) in [4.78, 5) is 0. The van der Waals surface area contributed by atoms with Crippen molar-refractivity contribution in [1.82, 2.24) is 5.32 Å². The quantitative estimate of drug-likeness (QED) is 0.473. The Morgan fingerprint density at radius 3 is 3.44 bits per heavy atom. The van der Waals surface area contributed by atoms with Crippen molar-refractivity contribution in [2.45, 2.75) is 31.3 Å². The molecule has 0 amide bonds. The van der Waals surface area contributed by atoms with Crippen LogP contribution in [0.5, 0.6) is 0 Å². The zero-order valence-corrected chi connectivity index (χ0v) is 5.43. The first-order chi connectivity index (χ1) is 4.43. The predicted octanol–water partition coefficient (Wildman–Crippen LogP) is 1.07. The second-order valence-electron chi connectivity index (χ2n) is 3.52. The maximum absolute atomic E-state index is 3.63. The Balaban J connectivity index is 1.95. The molecular formula is C8H11N. The highest BCUT2D eigenvalue weighted by Crippen LogP contribution is 2.45. The van der Waals surface area contributed by atoms with E-state index >= 15 is 0 Å². The fraction of sp³-hybridized carbons (Fsp3) is 0.750. The number of rotatable bonds is 0. The molecule has 3 aliphatic rings. The number of piperidine rings is 1. The molecule has 3 rings (SSSR count). The zero-order chi connectivity index (χ0) is 5.84. The molecule has 48 valence electrons. The molecule has 3 unspecified atom stereocenters. The molecule has 0 aromatic heterocycles. The van der Waals surface area contributed by atoms with Crippen LogP contribution in [0.15, 0.2) is 11.6 Å². The summed E-state index contributed by atoms with van der Waals surface area (Å²) in [5.41, 5.74) is 1.75. The lowest BCUT2D eigenvalue weighted by atomic mass is 10.1. The lowest BCUT2D eigenvalue weighted by Crippen LogP contribution is -2.35. The second kappa shape index (κ2) is 1.24. The standard InChI is InChI=1S/C8H11N/c1-2-8-7-4-5(7)3-6(1)9-8/h4,6-9H,1-3H2. The Morgan fingerprint density at radius 1 is 1.44 bits per heavy atom. The van der Waals surface area contributed by atoms with Crippen molar-refractivity contribution in [1.29, 1.82) is 0 Å². The molecule has 1 heteroatoms. The van der Waals surface area contributed by atoms with Crippen LogP contribution in [0, 0.1) is 5.92 Å². The van der Waals surface area contributed by atoms with Crippen molar-refractivity contribution in [2.24, 2.45) is 5.92 Å². The van der Waals surface area contributed by atoms with Crippen molar-refractivity contribution in [2.75, 3.05) is 0 Å². The van der Waals surface area contributed by atoms with Crippen LogP contribution in [-0.2, 0) is 0 Å². The van der Waals surface area contributed by atoms with E-state index in [-0.39, 0.29) is 0 Å². The van der Waals surface area contributed by atoms with Crippen LogP contribution < -0.4 is 5.32 Å². The molecule has 0 saturated carbocycles. The number of hydrogen-bond acceptors (Lipinski definition) is 1. The smallest absolute Gasteiger partial charge is 0.0171 e. The van der Waals surface area contributed by atoms with E-state index in [1.54, 1.807) is 5.57 Å². The third-order valence-corrected chi connectivity index (χ3v) is 2.90.